The van der Waals surface area contributed by atoms with Crippen LogP contribution in [-0.2, 0) is 22.1 Å². The molecule has 0 saturated heterocycles. The summed E-state index contributed by atoms with van der Waals surface area (Å²) in [5.41, 5.74) is 2.22. The van der Waals surface area contributed by atoms with Gasteiger partial charge < -0.3 is 0 Å². The van der Waals surface area contributed by atoms with E-state index < -0.39 is 22.1 Å². The first-order chi connectivity index (χ1) is 5.15. The maximum absolute atomic E-state index is 12.8. The van der Waals surface area contributed by atoms with Crippen molar-refractivity contribution < 1.29 is 26.5 Å². The Bertz CT molecular complexity index is 250. The van der Waals surface area contributed by atoms with E-state index in [0.717, 1.165) is 11.1 Å². The van der Waals surface area contributed by atoms with Gasteiger partial charge in [0.05, 0.1) is 0 Å². The van der Waals surface area contributed by atoms with Gasteiger partial charge in [0, 0.05) is 0 Å². The molecule has 0 aliphatic heterocycles. The summed E-state index contributed by atoms with van der Waals surface area (Å²) in [4.78, 5) is 0. The summed E-state index contributed by atoms with van der Waals surface area (Å²) in [5, 5.41) is 0. The van der Waals surface area contributed by atoms with E-state index in [1.54, 1.807) is 12.1 Å². The fraction of sp³-hybridized carbons (Fsp3) is 0.250. The second kappa shape index (κ2) is 3.99. The molecule has 3 heteroatoms. The fourth-order valence-electron chi connectivity index (χ4n) is 1.15. The molecule has 0 atom stereocenters. The van der Waals surface area contributed by atoms with Crippen molar-refractivity contribution in [2.24, 2.45) is 0 Å². The van der Waals surface area contributed by atoms with Gasteiger partial charge in [-0.15, -0.1) is 0 Å². The predicted molar refractivity (Wildman–Crippen MR) is 44.4 cm³/mol. The Labute approximate surface area is 83.9 Å². The van der Waals surface area contributed by atoms with E-state index in [4.69, 9.17) is 0 Å². The molecule has 0 fully saturated rings. The van der Waals surface area contributed by atoms with Crippen LogP contribution in [0.2, 0.25) is 0 Å². The molecule has 0 aliphatic carbocycles. The van der Waals surface area contributed by atoms with E-state index in [-0.39, 0.29) is 5.82 Å². The van der Waals surface area contributed by atoms with Gasteiger partial charge in [0.25, 0.3) is 0 Å². The third kappa shape index (κ3) is 2.25. The van der Waals surface area contributed by atoms with Crippen LogP contribution in [0.4, 0.5) is 4.39 Å². The normalized spacial score (nSPS) is 9.45. The molecule has 0 unspecified atom stereocenters. The van der Waals surface area contributed by atoms with Crippen LogP contribution in [0.1, 0.15) is 11.1 Å². The number of aryl methyl sites for hydroxylation is 2. The summed E-state index contributed by atoms with van der Waals surface area (Å²) in [7, 11) is 0. The standard InChI is InChI=1S/C8H8F.BrH.Hg/c1-6-3-7(2)5-8(9)4-6;;/h4-5H,1-2H3;1H;/q;;+1/p-1. The number of hydrogen-bond acceptors (Lipinski definition) is 0. The monoisotopic (exact) mass is 404 g/mol. The zero-order chi connectivity index (χ0) is 8.43. The predicted octanol–water partition coefficient (Wildman–Crippen LogP) is 2.46. The molecule has 0 saturated carbocycles. The van der Waals surface area contributed by atoms with E-state index in [9.17, 15) is 4.39 Å². The van der Waals surface area contributed by atoms with Crippen LogP contribution in [-0.4, -0.2) is 0 Å². The van der Waals surface area contributed by atoms with Crippen molar-refractivity contribution in [1.29, 1.82) is 0 Å². The first kappa shape index (κ1) is 9.65. The van der Waals surface area contributed by atoms with Crippen LogP contribution in [0.3, 0.4) is 0 Å². The maximum atomic E-state index is 12.8. The molecule has 0 spiro atoms. The van der Waals surface area contributed by atoms with Gasteiger partial charge in [-0.3, -0.25) is 0 Å². The van der Waals surface area contributed by atoms with E-state index in [2.05, 4.69) is 11.9 Å². The van der Waals surface area contributed by atoms with Crippen molar-refractivity contribution in [2.45, 2.75) is 13.8 Å². The molecule has 0 radical (unpaired) electrons. The molecule has 1 aromatic rings. The van der Waals surface area contributed by atoms with Gasteiger partial charge in [-0.05, 0) is 0 Å². The summed E-state index contributed by atoms with van der Waals surface area (Å²) in [6, 6.07) is 3.23. The third-order valence-corrected chi connectivity index (χ3v) is 12.1. The van der Waals surface area contributed by atoms with Gasteiger partial charge >= 0.3 is 84.4 Å². The van der Waals surface area contributed by atoms with Gasteiger partial charge in [0.1, 0.15) is 0 Å². The molecule has 0 aromatic heterocycles. The summed E-state index contributed by atoms with van der Waals surface area (Å²) < 4.78 is 14.2. The fourth-order valence-corrected chi connectivity index (χ4v) is 11.3. The number of hydrogen-bond donors (Lipinski definition) is 0. The average Bonchev–Trinajstić information content (AvgIpc) is 1.85. The third-order valence-electron chi connectivity index (χ3n) is 1.79. The van der Waals surface area contributed by atoms with E-state index in [1.165, 1.54) is 3.07 Å². The van der Waals surface area contributed by atoms with E-state index in [1.807, 2.05) is 13.8 Å². The first-order valence-electron chi connectivity index (χ1n) is 3.46. The SMILES string of the molecule is Cc1cc(F)cc(C)[c]1[Hg][Br]. The van der Waals surface area contributed by atoms with Crippen molar-refractivity contribution in [3.05, 3.63) is 29.1 Å². The van der Waals surface area contributed by atoms with Crippen LogP contribution >= 0.6 is 11.9 Å². The molecular formula is C8H8BrFHg. The zero-order valence-corrected chi connectivity index (χ0v) is 13.7. The van der Waals surface area contributed by atoms with E-state index >= 15 is 0 Å². The molecule has 56 valence electrons. The summed E-state index contributed by atoms with van der Waals surface area (Å²) >= 11 is 2.57. The van der Waals surface area contributed by atoms with Crippen LogP contribution in [0.5, 0.6) is 0 Å². The minimum absolute atomic E-state index is 0.113. The summed E-state index contributed by atoms with van der Waals surface area (Å²) in [6.07, 6.45) is 0. The molecule has 11 heavy (non-hydrogen) atoms. The second-order valence-corrected chi connectivity index (χ2v) is 11.4. The molecule has 1 rings (SSSR count). The molecule has 0 nitrogen and oxygen atoms in total. The van der Waals surface area contributed by atoms with Gasteiger partial charge in [-0.2, -0.15) is 0 Å². The number of halogens is 2. The Kier molecular flexibility index (Phi) is 3.50. The molecule has 1 aromatic carbocycles. The van der Waals surface area contributed by atoms with Crippen molar-refractivity contribution >= 4 is 15.0 Å². The van der Waals surface area contributed by atoms with Gasteiger partial charge in [-0.25, -0.2) is 0 Å². The quantitative estimate of drug-likeness (QED) is 0.632. The second-order valence-electron chi connectivity index (χ2n) is 2.65. The number of benzene rings is 1. The van der Waals surface area contributed by atoms with Gasteiger partial charge in [0.15, 0.2) is 0 Å². The van der Waals surface area contributed by atoms with Gasteiger partial charge in [-0.1, -0.05) is 0 Å². The topological polar surface area (TPSA) is 0 Å². The Hall–Kier alpha value is 0.565. The van der Waals surface area contributed by atoms with Crippen molar-refractivity contribution in [3.63, 3.8) is 0 Å². The molecular weight excluding hydrogens is 396 g/mol. The molecule has 0 heterocycles. The van der Waals surface area contributed by atoms with Crippen molar-refractivity contribution in [3.8, 4) is 0 Å². The average molecular weight is 404 g/mol. The molecule has 0 bridgehead atoms. The molecule has 0 N–H and O–H groups in total. The van der Waals surface area contributed by atoms with Crippen LogP contribution in [0.15, 0.2) is 12.1 Å². The van der Waals surface area contributed by atoms with Crippen LogP contribution in [0, 0.1) is 19.7 Å². The van der Waals surface area contributed by atoms with Crippen LogP contribution < -0.4 is 3.07 Å². The Balaban J connectivity index is 3.25. The van der Waals surface area contributed by atoms with Gasteiger partial charge in [0.2, 0.25) is 0 Å². The zero-order valence-electron chi connectivity index (χ0n) is 6.62. The minimum atomic E-state index is -1.02. The van der Waals surface area contributed by atoms with E-state index in [0.29, 0.717) is 0 Å². The first-order valence-corrected chi connectivity index (χ1v) is 18.1. The van der Waals surface area contributed by atoms with Crippen molar-refractivity contribution in [1.82, 2.24) is 0 Å². The molecule has 0 amide bonds. The summed E-state index contributed by atoms with van der Waals surface area (Å²) in [5.74, 6) is -0.113. The van der Waals surface area contributed by atoms with Crippen LogP contribution in [0.25, 0.3) is 0 Å². The Morgan fingerprint density at radius 2 is 1.73 bits per heavy atom. The number of rotatable bonds is 1. The molecule has 0 aliphatic rings. The summed E-state index contributed by atoms with van der Waals surface area (Å²) in [6.45, 7) is 3.96. The Morgan fingerprint density at radius 3 is 2.09 bits per heavy atom. The van der Waals surface area contributed by atoms with Crippen molar-refractivity contribution in [2.75, 3.05) is 0 Å². The Morgan fingerprint density at radius 1 is 1.27 bits per heavy atom.